The third-order valence-corrected chi connectivity index (χ3v) is 6.47. The summed E-state index contributed by atoms with van der Waals surface area (Å²) in [5.74, 6) is 2.02. The van der Waals surface area contributed by atoms with Gasteiger partial charge < -0.3 is 0 Å². The van der Waals surface area contributed by atoms with Gasteiger partial charge in [0.15, 0.2) is 17.5 Å². The zero-order valence-electron chi connectivity index (χ0n) is 20.0. The van der Waals surface area contributed by atoms with Crippen LogP contribution in [0.1, 0.15) is 22.3 Å². The fourth-order valence-electron chi connectivity index (χ4n) is 4.40. The van der Waals surface area contributed by atoms with Gasteiger partial charge in [0, 0.05) is 16.7 Å². The van der Waals surface area contributed by atoms with E-state index in [0.29, 0.717) is 17.5 Å². The first-order valence-electron chi connectivity index (χ1n) is 11.6. The Bertz CT molecular complexity index is 1390. The van der Waals surface area contributed by atoms with Gasteiger partial charge in [-0.1, -0.05) is 84.9 Å². The third-order valence-electron chi connectivity index (χ3n) is 6.47. The molecule has 0 spiro atoms. The average Bonchev–Trinajstić information content (AvgIpc) is 2.89. The molecule has 3 nitrogen and oxygen atoms in total. The molecule has 4 aromatic carbocycles. The molecule has 5 rings (SSSR count). The molecule has 0 aliphatic heterocycles. The van der Waals surface area contributed by atoms with Gasteiger partial charge in [0.25, 0.3) is 0 Å². The van der Waals surface area contributed by atoms with Gasteiger partial charge in [-0.3, -0.25) is 0 Å². The molecule has 0 saturated heterocycles. The van der Waals surface area contributed by atoms with Crippen LogP contribution in [0.4, 0.5) is 0 Å². The smallest absolute Gasteiger partial charge is 0.164 e. The number of aromatic nitrogens is 3. The van der Waals surface area contributed by atoms with Crippen molar-refractivity contribution in [3.63, 3.8) is 0 Å². The molecule has 0 radical (unpaired) electrons. The van der Waals surface area contributed by atoms with Crippen LogP contribution < -0.4 is 0 Å². The van der Waals surface area contributed by atoms with Crippen molar-refractivity contribution in [1.82, 2.24) is 15.0 Å². The van der Waals surface area contributed by atoms with Crippen LogP contribution in [-0.4, -0.2) is 15.0 Å². The Hall–Kier alpha value is -4.11. The fourth-order valence-corrected chi connectivity index (χ4v) is 4.40. The number of nitrogens with zero attached hydrogens (tertiary/aromatic N) is 3. The van der Waals surface area contributed by atoms with Gasteiger partial charge in [-0.2, -0.15) is 0 Å². The van der Waals surface area contributed by atoms with Crippen LogP contribution in [0.5, 0.6) is 0 Å². The van der Waals surface area contributed by atoms with Crippen molar-refractivity contribution in [2.75, 3.05) is 0 Å². The molecule has 0 unspecified atom stereocenters. The van der Waals surface area contributed by atoms with E-state index in [1.54, 1.807) is 0 Å². The van der Waals surface area contributed by atoms with E-state index in [1.807, 2.05) is 60.7 Å². The highest BCUT2D eigenvalue weighted by molar-refractivity contribution is 5.77. The third kappa shape index (κ3) is 4.13. The molecule has 0 aliphatic carbocycles. The van der Waals surface area contributed by atoms with Gasteiger partial charge in [0.2, 0.25) is 0 Å². The van der Waals surface area contributed by atoms with Gasteiger partial charge >= 0.3 is 0 Å². The summed E-state index contributed by atoms with van der Waals surface area (Å²) < 4.78 is 0. The summed E-state index contributed by atoms with van der Waals surface area (Å²) in [7, 11) is 0. The lowest BCUT2D eigenvalue weighted by Crippen LogP contribution is -2.00. The standard InChI is InChI=1S/C31H27N3/c1-20-18-21(2)23(4)28(22(20)3)26-16-11-17-27(19-26)31-33-29(24-12-7-5-8-13-24)32-30(34-31)25-14-9-6-10-15-25/h5-19H,1-4H3. The number of hydrogen-bond acceptors (Lipinski definition) is 3. The van der Waals surface area contributed by atoms with Crippen molar-refractivity contribution in [3.05, 3.63) is 113 Å². The maximum absolute atomic E-state index is 4.89. The van der Waals surface area contributed by atoms with Crippen LogP contribution in [0.25, 0.3) is 45.3 Å². The van der Waals surface area contributed by atoms with E-state index < -0.39 is 0 Å². The van der Waals surface area contributed by atoms with Crippen molar-refractivity contribution in [1.29, 1.82) is 0 Å². The lowest BCUT2D eigenvalue weighted by molar-refractivity contribution is 1.07. The highest BCUT2D eigenvalue weighted by Gasteiger charge is 2.15. The van der Waals surface area contributed by atoms with Gasteiger partial charge in [0.1, 0.15) is 0 Å². The molecule has 1 aromatic heterocycles. The maximum Gasteiger partial charge on any atom is 0.164 e. The largest absolute Gasteiger partial charge is 0.208 e. The Morgan fingerprint density at radius 2 is 0.824 bits per heavy atom. The van der Waals surface area contributed by atoms with E-state index in [4.69, 9.17) is 15.0 Å². The van der Waals surface area contributed by atoms with E-state index in [0.717, 1.165) is 16.7 Å². The second kappa shape index (κ2) is 9.03. The Labute approximate surface area is 201 Å². The molecule has 0 fully saturated rings. The van der Waals surface area contributed by atoms with E-state index in [-0.39, 0.29) is 0 Å². The number of benzene rings is 4. The van der Waals surface area contributed by atoms with E-state index in [1.165, 1.54) is 33.4 Å². The highest BCUT2D eigenvalue weighted by Crippen LogP contribution is 2.34. The predicted octanol–water partition coefficient (Wildman–Crippen LogP) is 7.77. The summed E-state index contributed by atoms with van der Waals surface area (Å²) in [5.41, 5.74) is 10.6. The Balaban J connectivity index is 1.70. The fraction of sp³-hybridized carbons (Fsp3) is 0.129. The van der Waals surface area contributed by atoms with Crippen LogP contribution in [0, 0.1) is 27.7 Å². The van der Waals surface area contributed by atoms with Crippen LogP contribution in [-0.2, 0) is 0 Å². The van der Waals surface area contributed by atoms with Crippen LogP contribution >= 0.6 is 0 Å². The van der Waals surface area contributed by atoms with Crippen LogP contribution in [0.2, 0.25) is 0 Å². The Morgan fingerprint density at radius 1 is 0.412 bits per heavy atom. The molecule has 0 atom stereocenters. The first-order chi connectivity index (χ1) is 16.5. The molecule has 166 valence electrons. The molecule has 3 heteroatoms. The van der Waals surface area contributed by atoms with Crippen molar-refractivity contribution < 1.29 is 0 Å². The SMILES string of the molecule is Cc1cc(C)c(C)c(-c2cccc(-c3nc(-c4ccccc4)nc(-c4ccccc4)n3)c2)c1C. The van der Waals surface area contributed by atoms with Crippen molar-refractivity contribution >= 4 is 0 Å². The molecular formula is C31H27N3. The summed E-state index contributed by atoms with van der Waals surface area (Å²) in [4.78, 5) is 14.6. The van der Waals surface area contributed by atoms with Gasteiger partial charge in [-0.05, 0) is 67.1 Å². The molecule has 0 saturated carbocycles. The molecule has 0 N–H and O–H groups in total. The molecule has 0 bridgehead atoms. The highest BCUT2D eigenvalue weighted by atomic mass is 15.0. The predicted molar refractivity (Wildman–Crippen MR) is 141 cm³/mol. The number of aryl methyl sites for hydroxylation is 2. The summed E-state index contributed by atoms with van der Waals surface area (Å²) in [6.07, 6.45) is 0. The second-order valence-corrected chi connectivity index (χ2v) is 8.75. The van der Waals surface area contributed by atoms with Gasteiger partial charge in [0.05, 0.1) is 0 Å². The van der Waals surface area contributed by atoms with E-state index >= 15 is 0 Å². The summed E-state index contributed by atoms with van der Waals surface area (Å²) in [6, 6.07) is 31.0. The minimum absolute atomic E-state index is 0.675. The Morgan fingerprint density at radius 3 is 1.32 bits per heavy atom. The maximum atomic E-state index is 4.89. The number of hydrogen-bond donors (Lipinski definition) is 0. The average molecular weight is 442 g/mol. The lowest BCUT2D eigenvalue weighted by atomic mass is 9.89. The Kier molecular flexibility index (Phi) is 5.77. The summed E-state index contributed by atoms with van der Waals surface area (Å²) in [6.45, 7) is 8.76. The van der Waals surface area contributed by atoms with Gasteiger partial charge in [-0.15, -0.1) is 0 Å². The number of rotatable bonds is 4. The minimum Gasteiger partial charge on any atom is -0.208 e. The normalized spacial score (nSPS) is 10.9. The molecule has 0 amide bonds. The summed E-state index contributed by atoms with van der Waals surface area (Å²) >= 11 is 0. The molecule has 0 aliphatic rings. The molecular weight excluding hydrogens is 414 g/mol. The monoisotopic (exact) mass is 441 g/mol. The lowest BCUT2D eigenvalue weighted by Gasteiger charge is -2.16. The first kappa shape index (κ1) is 21.7. The van der Waals surface area contributed by atoms with Crippen molar-refractivity contribution in [2.24, 2.45) is 0 Å². The zero-order chi connectivity index (χ0) is 23.7. The topological polar surface area (TPSA) is 38.7 Å². The second-order valence-electron chi connectivity index (χ2n) is 8.75. The van der Waals surface area contributed by atoms with E-state index in [2.05, 4.69) is 58.0 Å². The zero-order valence-corrected chi connectivity index (χ0v) is 20.0. The van der Waals surface area contributed by atoms with Crippen LogP contribution in [0.15, 0.2) is 91.0 Å². The molecule has 1 heterocycles. The van der Waals surface area contributed by atoms with Crippen molar-refractivity contribution in [3.8, 4) is 45.3 Å². The first-order valence-corrected chi connectivity index (χ1v) is 11.6. The minimum atomic E-state index is 0.675. The molecule has 34 heavy (non-hydrogen) atoms. The van der Waals surface area contributed by atoms with Crippen LogP contribution in [0.3, 0.4) is 0 Å². The van der Waals surface area contributed by atoms with E-state index in [9.17, 15) is 0 Å². The summed E-state index contributed by atoms with van der Waals surface area (Å²) in [5, 5.41) is 0. The quantitative estimate of drug-likeness (QED) is 0.286. The van der Waals surface area contributed by atoms with Gasteiger partial charge in [-0.25, -0.2) is 15.0 Å². The molecule has 5 aromatic rings. The van der Waals surface area contributed by atoms with Crippen molar-refractivity contribution in [2.45, 2.75) is 27.7 Å².